The molecule has 0 aliphatic carbocycles. The molecular weight excluding hydrogens is 385 g/mol. The summed E-state index contributed by atoms with van der Waals surface area (Å²) in [6.07, 6.45) is -4.75. The quantitative estimate of drug-likeness (QED) is 0.617. The Balaban J connectivity index is 1.79. The number of alkyl halides is 3. The van der Waals surface area contributed by atoms with Crippen LogP contribution in [0.1, 0.15) is 29.3 Å². The molecule has 28 heavy (non-hydrogen) atoms. The summed E-state index contributed by atoms with van der Waals surface area (Å²) in [6, 6.07) is 5.42. The maximum Gasteiger partial charge on any atom is 0.490 e. The van der Waals surface area contributed by atoms with Crippen molar-refractivity contribution >= 4 is 17.6 Å². The standard InChI is InChI=1S/C15H13F3N6O4/c1-9-6-14(26,15(16,17)18)23(20-9)12(25)11-4-2-10(3-5-11)7-22-8-19-13(21-22)24(27)28/h2-5,8,26H,6-7H2,1H3. The van der Waals surface area contributed by atoms with E-state index in [9.17, 15) is 33.2 Å². The number of aliphatic hydroxyl groups is 1. The fourth-order valence-electron chi connectivity index (χ4n) is 2.66. The predicted octanol–water partition coefficient (Wildman–Crippen LogP) is 1.71. The van der Waals surface area contributed by atoms with Gasteiger partial charge in [0.15, 0.2) is 0 Å². The van der Waals surface area contributed by atoms with E-state index in [-0.39, 0.29) is 22.8 Å². The third kappa shape index (κ3) is 3.43. The molecule has 1 unspecified atom stereocenters. The second kappa shape index (κ2) is 6.67. The van der Waals surface area contributed by atoms with Crippen molar-refractivity contribution in [2.45, 2.75) is 31.8 Å². The molecule has 1 N–H and O–H groups in total. The summed E-state index contributed by atoms with van der Waals surface area (Å²) in [4.78, 5) is 25.8. The van der Waals surface area contributed by atoms with Crippen molar-refractivity contribution < 1.29 is 28.0 Å². The van der Waals surface area contributed by atoms with E-state index < -0.39 is 35.1 Å². The maximum absolute atomic E-state index is 13.2. The van der Waals surface area contributed by atoms with Crippen molar-refractivity contribution in [2.24, 2.45) is 5.10 Å². The van der Waals surface area contributed by atoms with Gasteiger partial charge in [-0.3, -0.25) is 4.79 Å². The molecule has 1 aromatic heterocycles. The van der Waals surface area contributed by atoms with Crippen LogP contribution in [0.3, 0.4) is 0 Å². The van der Waals surface area contributed by atoms with Gasteiger partial charge in [0.1, 0.15) is 0 Å². The number of benzene rings is 1. The number of nitro groups is 1. The molecule has 1 aromatic carbocycles. The third-order valence-corrected chi connectivity index (χ3v) is 4.00. The number of carbonyl (C=O) groups excluding carboxylic acids is 1. The first kappa shape index (κ1) is 19.4. The lowest BCUT2D eigenvalue weighted by Gasteiger charge is -2.32. The van der Waals surface area contributed by atoms with Gasteiger partial charge in [0.05, 0.1) is 6.54 Å². The molecule has 0 bridgehead atoms. The molecule has 148 valence electrons. The Kier molecular flexibility index (Phi) is 4.62. The van der Waals surface area contributed by atoms with E-state index in [1.807, 2.05) is 0 Å². The van der Waals surface area contributed by atoms with Gasteiger partial charge < -0.3 is 15.2 Å². The van der Waals surface area contributed by atoms with E-state index in [4.69, 9.17) is 0 Å². The number of aromatic nitrogens is 3. The molecule has 1 aliphatic heterocycles. The van der Waals surface area contributed by atoms with Gasteiger partial charge in [-0.15, -0.1) is 0 Å². The maximum atomic E-state index is 13.2. The van der Waals surface area contributed by atoms with Crippen LogP contribution in [-0.2, 0) is 6.54 Å². The van der Waals surface area contributed by atoms with Crippen LogP contribution in [0, 0.1) is 10.1 Å². The molecular formula is C15H13F3N6O4. The molecule has 3 rings (SSSR count). The minimum Gasteiger partial charge on any atom is -0.390 e. The molecule has 10 nitrogen and oxygen atoms in total. The SMILES string of the molecule is CC1=NN(C(=O)c2ccc(Cn3cnc([N+](=O)[O-])n3)cc2)C(O)(C(F)(F)F)C1. The molecule has 2 heterocycles. The summed E-state index contributed by atoms with van der Waals surface area (Å²) >= 11 is 0. The summed E-state index contributed by atoms with van der Waals surface area (Å²) in [5, 5.41) is 27.8. The lowest BCUT2D eigenvalue weighted by molar-refractivity contribution is -0.394. The fourth-order valence-corrected chi connectivity index (χ4v) is 2.66. The van der Waals surface area contributed by atoms with Gasteiger partial charge in [-0.05, 0) is 29.5 Å². The monoisotopic (exact) mass is 398 g/mol. The van der Waals surface area contributed by atoms with Crippen LogP contribution >= 0.6 is 0 Å². The Hall–Kier alpha value is -3.35. The summed E-state index contributed by atoms with van der Waals surface area (Å²) in [5.41, 5.74) is -2.97. The second-order valence-electron chi connectivity index (χ2n) is 6.14. The lowest BCUT2D eigenvalue weighted by Crippen LogP contribution is -2.56. The number of amides is 1. The highest BCUT2D eigenvalue weighted by molar-refractivity contribution is 5.97. The van der Waals surface area contributed by atoms with E-state index in [1.165, 1.54) is 35.9 Å². The zero-order valence-electron chi connectivity index (χ0n) is 14.3. The number of rotatable bonds is 4. The van der Waals surface area contributed by atoms with E-state index in [0.717, 1.165) is 6.33 Å². The zero-order valence-corrected chi connectivity index (χ0v) is 14.3. The smallest absolute Gasteiger partial charge is 0.390 e. The van der Waals surface area contributed by atoms with E-state index in [2.05, 4.69) is 15.2 Å². The first-order valence-corrected chi connectivity index (χ1v) is 7.82. The third-order valence-electron chi connectivity index (χ3n) is 4.00. The highest BCUT2D eigenvalue weighted by Crippen LogP contribution is 2.40. The Labute approximate surface area is 155 Å². The van der Waals surface area contributed by atoms with Gasteiger partial charge in [0.2, 0.25) is 6.33 Å². The van der Waals surface area contributed by atoms with Crippen LogP contribution in [0.5, 0.6) is 0 Å². The highest BCUT2D eigenvalue weighted by Gasteiger charge is 2.62. The molecule has 13 heteroatoms. The van der Waals surface area contributed by atoms with E-state index >= 15 is 0 Å². The summed E-state index contributed by atoms with van der Waals surface area (Å²) in [6.45, 7) is 1.38. The van der Waals surface area contributed by atoms with Crippen molar-refractivity contribution in [3.63, 3.8) is 0 Å². The fraction of sp³-hybridized carbons (Fsp3) is 0.333. The number of halogens is 3. The van der Waals surface area contributed by atoms with Gasteiger partial charge in [0.25, 0.3) is 11.6 Å². The average molecular weight is 398 g/mol. The zero-order chi connectivity index (χ0) is 20.7. The topological polar surface area (TPSA) is 127 Å². The van der Waals surface area contributed by atoms with Gasteiger partial charge >= 0.3 is 12.1 Å². The lowest BCUT2D eigenvalue weighted by atomic mass is 10.1. The van der Waals surface area contributed by atoms with Crippen LogP contribution in [0.15, 0.2) is 35.7 Å². The molecule has 1 aliphatic rings. The van der Waals surface area contributed by atoms with E-state index in [1.54, 1.807) is 0 Å². The number of hydrazone groups is 1. The van der Waals surface area contributed by atoms with Crippen LogP contribution < -0.4 is 0 Å². The first-order chi connectivity index (χ1) is 13.0. The van der Waals surface area contributed by atoms with Crippen LogP contribution in [0.4, 0.5) is 19.1 Å². The molecule has 0 spiro atoms. The molecule has 1 amide bonds. The normalized spacial score (nSPS) is 19.6. The summed E-state index contributed by atoms with van der Waals surface area (Å²) in [5.74, 6) is -1.68. The van der Waals surface area contributed by atoms with Gasteiger partial charge in [-0.2, -0.15) is 28.0 Å². The minimum atomic E-state index is -5.08. The van der Waals surface area contributed by atoms with Crippen LogP contribution in [-0.4, -0.2) is 53.3 Å². The van der Waals surface area contributed by atoms with Crippen molar-refractivity contribution in [1.82, 2.24) is 19.8 Å². The first-order valence-electron chi connectivity index (χ1n) is 7.82. The predicted molar refractivity (Wildman–Crippen MR) is 87.1 cm³/mol. The van der Waals surface area contributed by atoms with Gasteiger partial charge in [-0.1, -0.05) is 17.1 Å². The van der Waals surface area contributed by atoms with Crippen molar-refractivity contribution in [3.8, 4) is 0 Å². The van der Waals surface area contributed by atoms with Crippen molar-refractivity contribution in [3.05, 3.63) is 51.8 Å². The van der Waals surface area contributed by atoms with Crippen molar-refractivity contribution in [1.29, 1.82) is 0 Å². The number of carbonyl (C=O) groups is 1. The summed E-state index contributed by atoms with van der Waals surface area (Å²) in [7, 11) is 0. The van der Waals surface area contributed by atoms with Gasteiger partial charge in [0, 0.05) is 22.8 Å². The Morgan fingerprint density at radius 2 is 2.00 bits per heavy atom. The molecule has 0 radical (unpaired) electrons. The van der Waals surface area contributed by atoms with E-state index in [0.29, 0.717) is 5.56 Å². The van der Waals surface area contributed by atoms with Crippen LogP contribution in [0.2, 0.25) is 0 Å². The minimum absolute atomic E-state index is 0.0300. The number of nitrogens with zero attached hydrogens (tertiary/aromatic N) is 6. The molecule has 2 aromatic rings. The number of hydrogen-bond donors (Lipinski definition) is 1. The Bertz CT molecular complexity index is 955. The Morgan fingerprint density at radius 3 is 2.54 bits per heavy atom. The largest absolute Gasteiger partial charge is 0.490 e. The van der Waals surface area contributed by atoms with Gasteiger partial charge in [-0.25, -0.2) is 0 Å². The molecule has 0 saturated heterocycles. The second-order valence-corrected chi connectivity index (χ2v) is 6.14. The molecule has 0 saturated carbocycles. The average Bonchev–Trinajstić information content (AvgIpc) is 3.19. The molecule has 1 atom stereocenters. The van der Waals surface area contributed by atoms with Crippen molar-refractivity contribution in [2.75, 3.05) is 0 Å². The summed E-state index contributed by atoms with van der Waals surface area (Å²) < 4.78 is 40.9. The van der Waals surface area contributed by atoms with Crippen LogP contribution in [0.25, 0.3) is 0 Å². The highest BCUT2D eigenvalue weighted by atomic mass is 19.4. The number of hydrogen-bond acceptors (Lipinski definition) is 7. The molecule has 0 fully saturated rings. The Morgan fingerprint density at radius 1 is 1.36 bits per heavy atom.